The van der Waals surface area contributed by atoms with Gasteiger partial charge in [-0.1, -0.05) is 34.6 Å². The van der Waals surface area contributed by atoms with Crippen LogP contribution in [0.25, 0.3) is 0 Å². The summed E-state index contributed by atoms with van der Waals surface area (Å²) < 4.78 is 0. The molecule has 74 valence electrons. The highest BCUT2D eigenvalue weighted by atomic mass is 15.2. The van der Waals surface area contributed by atoms with Gasteiger partial charge in [-0.3, -0.25) is 11.3 Å². The van der Waals surface area contributed by atoms with Crippen molar-refractivity contribution in [2.24, 2.45) is 17.2 Å². The molecule has 2 atom stereocenters. The standard InChI is InChI=1S/C10H24N2/c1-6-9(12-11)7-8(2)10(3,4)5/h8-9,12H,6-7,11H2,1-5H3. The number of hydrogen-bond acceptors (Lipinski definition) is 2. The fourth-order valence-corrected chi connectivity index (χ4v) is 1.13. The first-order valence-corrected chi connectivity index (χ1v) is 4.88. The molecule has 2 heteroatoms. The average Bonchev–Trinajstić information content (AvgIpc) is 1.97. The summed E-state index contributed by atoms with van der Waals surface area (Å²) in [7, 11) is 0. The molecule has 2 nitrogen and oxygen atoms in total. The van der Waals surface area contributed by atoms with Gasteiger partial charge in [0.2, 0.25) is 0 Å². The van der Waals surface area contributed by atoms with E-state index in [-0.39, 0.29) is 0 Å². The SMILES string of the molecule is CCC(CC(C)C(C)(C)C)NN. The maximum atomic E-state index is 5.42. The lowest BCUT2D eigenvalue weighted by Gasteiger charge is -2.30. The van der Waals surface area contributed by atoms with Gasteiger partial charge in [-0.05, 0) is 24.2 Å². The van der Waals surface area contributed by atoms with Crippen LogP contribution in [0.1, 0.15) is 47.5 Å². The van der Waals surface area contributed by atoms with Crippen molar-refractivity contribution in [3.8, 4) is 0 Å². The van der Waals surface area contributed by atoms with Crippen molar-refractivity contribution in [3.05, 3.63) is 0 Å². The topological polar surface area (TPSA) is 38.0 Å². The molecule has 0 spiro atoms. The van der Waals surface area contributed by atoms with Gasteiger partial charge in [0.15, 0.2) is 0 Å². The first kappa shape index (κ1) is 11.9. The molecule has 0 aliphatic heterocycles. The molecule has 12 heavy (non-hydrogen) atoms. The van der Waals surface area contributed by atoms with Gasteiger partial charge < -0.3 is 0 Å². The van der Waals surface area contributed by atoms with Crippen molar-refractivity contribution in [2.75, 3.05) is 0 Å². The Bertz CT molecular complexity index is 111. The zero-order valence-electron chi connectivity index (χ0n) is 9.15. The molecule has 2 unspecified atom stereocenters. The highest BCUT2D eigenvalue weighted by Crippen LogP contribution is 2.29. The van der Waals surface area contributed by atoms with E-state index in [0.29, 0.717) is 17.4 Å². The zero-order valence-corrected chi connectivity index (χ0v) is 9.15. The van der Waals surface area contributed by atoms with Crippen LogP contribution in [0, 0.1) is 11.3 Å². The van der Waals surface area contributed by atoms with Gasteiger partial charge in [-0.15, -0.1) is 0 Å². The Morgan fingerprint density at radius 1 is 1.33 bits per heavy atom. The molecular weight excluding hydrogens is 148 g/mol. The van der Waals surface area contributed by atoms with Crippen LogP contribution >= 0.6 is 0 Å². The minimum atomic E-state index is 0.393. The van der Waals surface area contributed by atoms with E-state index in [1.165, 1.54) is 0 Å². The van der Waals surface area contributed by atoms with Gasteiger partial charge in [0.1, 0.15) is 0 Å². The molecule has 0 fully saturated rings. The summed E-state index contributed by atoms with van der Waals surface area (Å²) in [5.74, 6) is 6.13. The first-order chi connectivity index (χ1) is 5.41. The van der Waals surface area contributed by atoms with Crippen LogP contribution in [0.4, 0.5) is 0 Å². The van der Waals surface area contributed by atoms with Crippen LogP contribution in [-0.4, -0.2) is 6.04 Å². The maximum Gasteiger partial charge on any atom is 0.0210 e. The second-order valence-corrected chi connectivity index (χ2v) is 4.77. The molecule has 0 aromatic carbocycles. The van der Waals surface area contributed by atoms with E-state index >= 15 is 0 Å². The van der Waals surface area contributed by atoms with Crippen LogP contribution in [0.2, 0.25) is 0 Å². The maximum absolute atomic E-state index is 5.42. The number of hydrazine groups is 1. The molecule has 0 heterocycles. The molecular formula is C10H24N2. The van der Waals surface area contributed by atoms with Crippen LogP contribution in [0.3, 0.4) is 0 Å². The Hall–Kier alpha value is -0.0800. The van der Waals surface area contributed by atoms with Crippen LogP contribution in [-0.2, 0) is 0 Å². The normalized spacial score (nSPS) is 17.5. The van der Waals surface area contributed by atoms with Gasteiger partial charge in [-0.2, -0.15) is 0 Å². The monoisotopic (exact) mass is 172 g/mol. The third-order valence-corrected chi connectivity index (χ3v) is 2.84. The molecule has 0 aliphatic rings. The number of nitrogens with one attached hydrogen (secondary N) is 1. The molecule has 0 amide bonds. The fraction of sp³-hybridized carbons (Fsp3) is 1.00. The summed E-state index contributed by atoms with van der Waals surface area (Å²) in [5, 5.41) is 0. The summed E-state index contributed by atoms with van der Waals surface area (Å²) in [6, 6.07) is 0.472. The number of hydrogen-bond donors (Lipinski definition) is 2. The van der Waals surface area contributed by atoms with Crippen molar-refractivity contribution in [1.29, 1.82) is 0 Å². The van der Waals surface area contributed by atoms with Gasteiger partial charge >= 0.3 is 0 Å². The molecule has 0 saturated carbocycles. The van der Waals surface area contributed by atoms with E-state index < -0.39 is 0 Å². The molecule has 0 aromatic heterocycles. The van der Waals surface area contributed by atoms with E-state index in [1.54, 1.807) is 0 Å². The third kappa shape index (κ3) is 4.07. The molecule has 0 saturated heterocycles. The second kappa shape index (κ2) is 4.83. The predicted octanol–water partition coefficient (Wildman–Crippen LogP) is 2.30. The van der Waals surface area contributed by atoms with Crippen molar-refractivity contribution in [2.45, 2.75) is 53.5 Å². The Labute approximate surface area is 76.9 Å². The number of rotatable bonds is 4. The van der Waals surface area contributed by atoms with E-state index in [0.717, 1.165) is 12.8 Å². The van der Waals surface area contributed by atoms with Gasteiger partial charge in [-0.25, -0.2) is 0 Å². The predicted molar refractivity (Wildman–Crippen MR) is 54.6 cm³/mol. The van der Waals surface area contributed by atoms with Crippen molar-refractivity contribution in [3.63, 3.8) is 0 Å². The Morgan fingerprint density at radius 2 is 1.83 bits per heavy atom. The zero-order chi connectivity index (χ0) is 9.78. The fourth-order valence-electron chi connectivity index (χ4n) is 1.13. The minimum absolute atomic E-state index is 0.393. The second-order valence-electron chi connectivity index (χ2n) is 4.77. The van der Waals surface area contributed by atoms with E-state index in [1.807, 2.05) is 0 Å². The van der Waals surface area contributed by atoms with Crippen molar-refractivity contribution >= 4 is 0 Å². The van der Waals surface area contributed by atoms with E-state index in [9.17, 15) is 0 Å². The number of nitrogens with two attached hydrogens (primary N) is 1. The molecule has 0 bridgehead atoms. The van der Waals surface area contributed by atoms with Crippen molar-refractivity contribution < 1.29 is 0 Å². The molecule has 0 aromatic rings. The summed E-state index contributed by atoms with van der Waals surface area (Å²) in [5.41, 5.74) is 3.25. The molecule has 0 aliphatic carbocycles. The van der Waals surface area contributed by atoms with E-state index in [4.69, 9.17) is 5.84 Å². The van der Waals surface area contributed by atoms with Crippen molar-refractivity contribution in [1.82, 2.24) is 5.43 Å². The van der Waals surface area contributed by atoms with Crippen LogP contribution < -0.4 is 11.3 Å². The van der Waals surface area contributed by atoms with Crippen LogP contribution in [0.5, 0.6) is 0 Å². The van der Waals surface area contributed by atoms with E-state index in [2.05, 4.69) is 40.0 Å². The van der Waals surface area contributed by atoms with Gasteiger partial charge in [0, 0.05) is 6.04 Å². The third-order valence-electron chi connectivity index (χ3n) is 2.84. The lowest BCUT2D eigenvalue weighted by molar-refractivity contribution is 0.221. The Kier molecular flexibility index (Phi) is 4.80. The van der Waals surface area contributed by atoms with Gasteiger partial charge in [0.25, 0.3) is 0 Å². The molecule has 0 radical (unpaired) electrons. The van der Waals surface area contributed by atoms with Gasteiger partial charge in [0.05, 0.1) is 0 Å². The highest BCUT2D eigenvalue weighted by molar-refractivity contribution is 4.74. The Balaban J connectivity index is 3.90. The quantitative estimate of drug-likeness (QED) is 0.504. The largest absolute Gasteiger partial charge is 0.271 e. The first-order valence-electron chi connectivity index (χ1n) is 4.88. The Morgan fingerprint density at radius 3 is 2.08 bits per heavy atom. The summed E-state index contributed by atoms with van der Waals surface area (Å²) in [6.07, 6.45) is 2.27. The molecule has 3 N–H and O–H groups in total. The lowest BCUT2D eigenvalue weighted by atomic mass is 9.78. The summed E-state index contributed by atoms with van der Waals surface area (Å²) in [4.78, 5) is 0. The molecule has 0 rings (SSSR count). The smallest absolute Gasteiger partial charge is 0.0210 e. The minimum Gasteiger partial charge on any atom is -0.271 e. The summed E-state index contributed by atoms with van der Waals surface area (Å²) in [6.45, 7) is 11.3. The van der Waals surface area contributed by atoms with Crippen LogP contribution in [0.15, 0.2) is 0 Å². The summed E-state index contributed by atoms with van der Waals surface area (Å²) >= 11 is 0. The average molecular weight is 172 g/mol. The highest BCUT2D eigenvalue weighted by Gasteiger charge is 2.22. The lowest BCUT2D eigenvalue weighted by Crippen LogP contribution is -2.37.